The average Bonchev–Trinajstić information content (AvgIpc) is 3.30. The molecule has 0 aliphatic carbocycles. The summed E-state index contributed by atoms with van der Waals surface area (Å²) in [5.74, 6) is 0.708. The number of hydrogen-bond donors (Lipinski definition) is 0. The van der Waals surface area contributed by atoms with Crippen molar-refractivity contribution < 1.29 is 19.0 Å². The second kappa shape index (κ2) is 12.9. The molecule has 0 spiro atoms. The normalized spacial score (nSPS) is 14.6. The second-order valence-electron chi connectivity index (χ2n) is 10.1. The summed E-state index contributed by atoms with van der Waals surface area (Å²) < 4.78 is 19.4. The van der Waals surface area contributed by atoms with Crippen molar-refractivity contribution in [2.24, 2.45) is 4.99 Å². The third-order valence-electron chi connectivity index (χ3n) is 6.80. The molecule has 43 heavy (non-hydrogen) atoms. The summed E-state index contributed by atoms with van der Waals surface area (Å²) in [6, 6.07) is 23.5. The van der Waals surface area contributed by atoms with Gasteiger partial charge in [-0.3, -0.25) is 9.36 Å². The molecule has 3 aromatic carbocycles. The molecular formula is C34H31N3O5S. The van der Waals surface area contributed by atoms with Crippen LogP contribution in [0.5, 0.6) is 11.5 Å². The van der Waals surface area contributed by atoms with E-state index in [2.05, 4.69) is 11.1 Å². The van der Waals surface area contributed by atoms with Crippen LogP contribution in [-0.4, -0.2) is 23.2 Å². The average molecular weight is 594 g/mol. The fourth-order valence-electron chi connectivity index (χ4n) is 4.88. The van der Waals surface area contributed by atoms with Gasteiger partial charge in [-0.2, -0.15) is 5.26 Å². The number of rotatable bonds is 9. The number of ether oxygens (including phenoxy) is 3. The quantitative estimate of drug-likeness (QED) is 0.252. The van der Waals surface area contributed by atoms with Crippen molar-refractivity contribution in [3.8, 4) is 17.6 Å². The Kier molecular flexibility index (Phi) is 8.88. The van der Waals surface area contributed by atoms with Crippen LogP contribution in [-0.2, 0) is 16.1 Å². The molecule has 0 fully saturated rings. The highest BCUT2D eigenvalue weighted by Crippen LogP contribution is 2.36. The molecule has 0 bridgehead atoms. The van der Waals surface area contributed by atoms with Gasteiger partial charge in [0.05, 0.1) is 40.1 Å². The SMILES string of the molecule is CCOC(=O)C1=C(C)N=c2s/c(=C/c3ccc(OCc4ccccc4C#N)cc3)c(=O)n2[C@H]1c1ccccc1OC(C)C. The minimum atomic E-state index is -0.764. The van der Waals surface area contributed by atoms with E-state index in [0.29, 0.717) is 43.2 Å². The molecule has 5 rings (SSSR count). The van der Waals surface area contributed by atoms with E-state index in [-0.39, 0.29) is 24.9 Å². The van der Waals surface area contributed by atoms with Crippen LogP contribution in [0.2, 0.25) is 0 Å². The van der Waals surface area contributed by atoms with E-state index in [4.69, 9.17) is 14.2 Å². The molecule has 0 unspecified atom stereocenters. The number of fused-ring (bicyclic) bond motifs is 1. The molecule has 0 radical (unpaired) electrons. The number of para-hydroxylation sites is 1. The standard InChI is InChI=1S/C34H31N3O5S/c1-5-40-33(39)30-22(4)36-34-37(31(30)27-12-8-9-13-28(27)42-21(2)3)32(38)29(43-34)18-23-14-16-26(17-15-23)41-20-25-11-7-6-10-24(25)19-35/h6-18,21,31H,5,20H2,1-4H3/b29-18+/t31-/m0/s1. The highest BCUT2D eigenvalue weighted by atomic mass is 32.1. The fraction of sp³-hybridized carbons (Fsp3) is 0.235. The summed E-state index contributed by atoms with van der Waals surface area (Å²) in [4.78, 5) is 32.3. The summed E-state index contributed by atoms with van der Waals surface area (Å²) >= 11 is 1.26. The molecule has 1 atom stereocenters. The van der Waals surface area contributed by atoms with Gasteiger partial charge in [0, 0.05) is 11.1 Å². The van der Waals surface area contributed by atoms with Gasteiger partial charge in [-0.05, 0) is 63.6 Å². The number of aromatic nitrogens is 1. The molecule has 0 amide bonds. The van der Waals surface area contributed by atoms with Crippen LogP contribution in [0.25, 0.3) is 6.08 Å². The van der Waals surface area contributed by atoms with Crippen LogP contribution in [0.4, 0.5) is 0 Å². The van der Waals surface area contributed by atoms with E-state index in [0.717, 1.165) is 11.1 Å². The number of esters is 1. The molecule has 0 saturated carbocycles. The van der Waals surface area contributed by atoms with Crippen molar-refractivity contribution in [1.29, 1.82) is 5.26 Å². The van der Waals surface area contributed by atoms with Gasteiger partial charge in [0.1, 0.15) is 24.1 Å². The Hall–Kier alpha value is -4.94. The van der Waals surface area contributed by atoms with Crippen molar-refractivity contribution >= 4 is 23.4 Å². The number of carbonyl (C=O) groups excluding carboxylic acids is 1. The van der Waals surface area contributed by atoms with Crippen molar-refractivity contribution in [2.75, 3.05) is 6.61 Å². The van der Waals surface area contributed by atoms with Crippen molar-refractivity contribution in [1.82, 2.24) is 4.57 Å². The highest BCUT2D eigenvalue weighted by molar-refractivity contribution is 7.07. The lowest BCUT2D eigenvalue weighted by Gasteiger charge is -2.26. The monoisotopic (exact) mass is 593 g/mol. The number of carbonyl (C=O) groups is 1. The predicted molar refractivity (Wildman–Crippen MR) is 165 cm³/mol. The Morgan fingerprint density at radius 3 is 2.53 bits per heavy atom. The molecule has 1 aliphatic rings. The van der Waals surface area contributed by atoms with E-state index < -0.39 is 12.0 Å². The fourth-order valence-corrected chi connectivity index (χ4v) is 5.93. The van der Waals surface area contributed by atoms with Crippen LogP contribution in [0.1, 0.15) is 56.0 Å². The topological polar surface area (TPSA) is 103 Å². The number of benzene rings is 3. The third kappa shape index (κ3) is 6.30. The summed E-state index contributed by atoms with van der Waals surface area (Å²) in [6.07, 6.45) is 1.69. The van der Waals surface area contributed by atoms with Gasteiger partial charge in [-0.1, -0.05) is 59.9 Å². The van der Waals surface area contributed by atoms with Crippen molar-refractivity contribution in [2.45, 2.75) is 46.4 Å². The summed E-state index contributed by atoms with van der Waals surface area (Å²) in [5, 5.41) is 9.31. The van der Waals surface area contributed by atoms with Crippen LogP contribution in [0.3, 0.4) is 0 Å². The zero-order chi connectivity index (χ0) is 30.5. The van der Waals surface area contributed by atoms with Gasteiger partial charge in [0.25, 0.3) is 5.56 Å². The molecule has 0 saturated heterocycles. The zero-order valence-corrected chi connectivity index (χ0v) is 25.2. The van der Waals surface area contributed by atoms with Crippen LogP contribution < -0.4 is 24.4 Å². The van der Waals surface area contributed by atoms with Gasteiger partial charge >= 0.3 is 5.97 Å². The van der Waals surface area contributed by atoms with Gasteiger partial charge in [-0.15, -0.1) is 0 Å². The predicted octanol–water partition coefficient (Wildman–Crippen LogP) is 5.04. The minimum Gasteiger partial charge on any atom is -0.491 e. The first kappa shape index (κ1) is 29.5. The summed E-state index contributed by atoms with van der Waals surface area (Å²) in [7, 11) is 0. The van der Waals surface area contributed by atoms with Crippen LogP contribution >= 0.6 is 11.3 Å². The molecule has 4 aromatic rings. The number of hydrogen-bond acceptors (Lipinski definition) is 8. The Balaban J connectivity index is 1.53. The zero-order valence-electron chi connectivity index (χ0n) is 24.4. The van der Waals surface area contributed by atoms with E-state index in [1.807, 2.05) is 80.6 Å². The van der Waals surface area contributed by atoms with Gasteiger partial charge < -0.3 is 14.2 Å². The molecule has 0 N–H and O–H groups in total. The van der Waals surface area contributed by atoms with E-state index in [9.17, 15) is 14.9 Å². The van der Waals surface area contributed by atoms with Crippen molar-refractivity contribution in [3.63, 3.8) is 0 Å². The maximum atomic E-state index is 14.0. The van der Waals surface area contributed by atoms with E-state index in [1.165, 1.54) is 11.3 Å². The molecule has 2 heterocycles. The van der Waals surface area contributed by atoms with Gasteiger partial charge in [0.15, 0.2) is 4.80 Å². The first-order chi connectivity index (χ1) is 20.8. The number of thiazole rings is 1. The van der Waals surface area contributed by atoms with Gasteiger partial charge in [-0.25, -0.2) is 9.79 Å². The Labute approximate surface area is 253 Å². The maximum Gasteiger partial charge on any atom is 0.338 e. The highest BCUT2D eigenvalue weighted by Gasteiger charge is 2.35. The molecule has 218 valence electrons. The Morgan fingerprint density at radius 1 is 1.09 bits per heavy atom. The minimum absolute atomic E-state index is 0.110. The Bertz CT molecular complexity index is 1910. The molecule has 1 aliphatic heterocycles. The van der Waals surface area contributed by atoms with E-state index >= 15 is 0 Å². The van der Waals surface area contributed by atoms with Crippen molar-refractivity contribution in [3.05, 3.63) is 126 Å². The molecule has 1 aromatic heterocycles. The number of allylic oxidation sites excluding steroid dienone is 1. The largest absolute Gasteiger partial charge is 0.491 e. The summed E-state index contributed by atoms with van der Waals surface area (Å²) in [6.45, 7) is 7.83. The summed E-state index contributed by atoms with van der Waals surface area (Å²) in [5.41, 5.74) is 3.40. The lowest BCUT2D eigenvalue weighted by molar-refractivity contribution is -0.139. The smallest absolute Gasteiger partial charge is 0.338 e. The number of nitriles is 1. The molecular weight excluding hydrogens is 562 g/mol. The number of nitrogens with zero attached hydrogens (tertiary/aromatic N) is 3. The van der Waals surface area contributed by atoms with Crippen LogP contribution in [0, 0.1) is 11.3 Å². The maximum absolute atomic E-state index is 14.0. The van der Waals surface area contributed by atoms with Crippen LogP contribution in [0.15, 0.2) is 93.9 Å². The second-order valence-corrected chi connectivity index (χ2v) is 11.1. The lowest BCUT2D eigenvalue weighted by Crippen LogP contribution is -2.40. The van der Waals surface area contributed by atoms with E-state index in [1.54, 1.807) is 30.6 Å². The first-order valence-electron chi connectivity index (χ1n) is 14.0. The Morgan fingerprint density at radius 2 is 1.81 bits per heavy atom. The molecule has 9 heteroatoms. The first-order valence-corrected chi connectivity index (χ1v) is 14.8. The van der Waals surface area contributed by atoms with Gasteiger partial charge in [0.2, 0.25) is 0 Å². The third-order valence-corrected chi connectivity index (χ3v) is 7.79. The molecule has 8 nitrogen and oxygen atoms in total. The lowest BCUT2D eigenvalue weighted by atomic mass is 9.95.